The molecule has 0 spiro atoms. The molecule has 1 fully saturated rings. The summed E-state index contributed by atoms with van der Waals surface area (Å²) in [7, 11) is 0. The SMILES string of the molecule is O=C1N/C(=N\N=C\c2cc(I)cc(I)c2O)S/C1=C\c1ccc(O)cc1O. The van der Waals surface area contributed by atoms with E-state index in [1.54, 1.807) is 6.07 Å². The number of phenols is 3. The van der Waals surface area contributed by atoms with Gasteiger partial charge >= 0.3 is 0 Å². The van der Waals surface area contributed by atoms with E-state index in [0.29, 0.717) is 19.6 Å². The highest BCUT2D eigenvalue weighted by Gasteiger charge is 2.24. The van der Waals surface area contributed by atoms with E-state index in [9.17, 15) is 20.1 Å². The normalized spacial score (nSPS) is 17.2. The van der Waals surface area contributed by atoms with Gasteiger partial charge in [0.1, 0.15) is 17.2 Å². The zero-order chi connectivity index (χ0) is 19.6. The first-order valence-electron chi connectivity index (χ1n) is 7.35. The Labute approximate surface area is 185 Å². The molecule has 2 aromatic rings. The van der Waals surface area contributed by atoms with Crippen LogP contribution >= 0.6 is 56.9 Å². The Hall–Kier alpha value is -1.80. The molecule has 1 aliphatic rings. The summed E-state index contributed by atoms with van der Waals surface area (Å²) in [6, 6.07) is 7.71. The Morgan fingerprint density at radius 1 is 1.07 bits per heavy atom. The fourth-order valence-electron chi connectivity index (χ4n) is 2.10. The first kappa shape index (κ1) is 19.9. The third kappa shape index (κ3) is 4.93. The number of nitrogens with one attached hydrogen (secondary N) is 1. The molecule has 138 valence electrons. The lowest BCUT2D eigenvalue weighted by molar-refractivity contribution is -0.115. The van der Waals surface area contributed by atoms with Gasteiger partial charge < -0.3 is 15.3 Å². The van der Waals surface area contributed by atoms with Crippen molar-refractivity contribution in [1.29, 1.82) is 0 Å². The fourth-order valence-corrected chi connectivity index (χ4v) is 4.76. The van der Waals surface area contributed by atoms with Gasteiger partial charge in [-0.05, 0) is 87.3 Å². The maximum absolute atomic E-state index is 12.0. The summed E-state index contributed by atoms with van der Waals surface area (Å²) in [5.41, 5.74) is 0.920. The summed E-state index contributed by atoms with van der Waals surface area (Å²) < 4.78 is 1.66. The molecule has 0 bridgehead atoms. The predicted molar refractivity (Wildman–Crippen MR) is 122 cm³/mol. The molecule has 1 saturated heterocycles. The van der Waals surface area contributed by atoms with Crippen LogP contribution in [-0.4, -0.2) is 32.6 Å². The summed E-state index contributed by atoms with van der Waals surface area (Å²) >= 11 is 5.24. The molecule has 0 radical (unpaired) electrons. The third-order valence-electron chi connectivity index (χ3n) is 3.35. The number of rotatable bonds is 3. The summed E-state index contributed by atoms with van der Waals surface area (Å²) in [6.07, 6.45) is 2.90. The van der Waals surface area contributed by atoms with E-state index < -0.39 is 0 Å². The monoisotopic (exact) mass is 607 g/mol. The number of amidine groups is 1. The van der Waals surface area contributed by atoms with Gasteiger partial charge in [0, 0.05) is 20.8 Å². The molecule has 0 aromatic heterocycles. The zero-order valence-corrected chi connectivity index (χ0v) is 18.5. The number of carbonyl (C=O) groups excluding carboxylic acids is 1. The van der Waals surface area contributed by atoms with E-state index >= 15 is 0 Å². The Morgan fingerprint density at radius 2 is 1.85 bits per heavy atom. The molecule has 7 nitrogen and oxygen atoms in total. The number of phenolic OH excluding ortho intramolecular Hbond substituents is 3. The summed E-state index contributed by atoms with van der Waals surface area (Å²) in [5.74, 6) is -0.453. The largest absolute Gasteiger partial charge is 0.508 e. The molecule has 2 aromatic carbocycles. The van der Waals surface area contributed by atoms with Gasteiger partial charge in [0.25, 0.3) is 5.91 Å². The van der Waals surface area contributed by atoms with Gasteiger partial charge in [0.2, 0.25) is 0 Å². The Morgan fingerprint density at radius 3 is 2.59 bits per heavy atom. The number of aromatic hydroxyl groups is 3. The van der Waals surface area contributed by atoms with Crippen LogP contribution in [0.2, 0.25) is 0 Å². The molecular formula is C17H11I2N3O4S. The Kier molecular flexibility index (Phi) is 6.26. The molecule has 1 amide bonds. The quantitative estimate of drug-likeness (QED) is 0.185. The number of halogens is 2. The lowest BCUT2D eigenvalue weighted by Gasteiger charge is -2.01. The van der Waals surface area contributed by atoms with Crippen molar-refractivity contribution in [3.05, 3.63) is 53.5 Å². The van der Waals surface area contributed by atoms with Gasteiger partial charge in [-0.15, -0.1) is 5.10 Å². The number of benzene rings is 2. The Balaban J connectivity index is 1.78. The minimum atomic E-state index is -0.368. The second-order valence-electron chi connectivity index (χ2n) is 5.28. The average Bonchev–Trinajstić information content (AvgIpc) is 2.94. The van der Waals surface area contributed by atoms with Crippen LogP contribution in [0.5, 0.6) is 17.2 Å². The van der Waals surface area contributed by atoms with Crippen LogP contribution in [-0.2, 0) is 4.79 Å². The van der Waals surface area contributed by atoms with E-state index in [1.807, 2.05) is 28.7 Å². The molecule has 3 rings (SSSR count). The first-order valence-corrected chi connectivity index (χ1v) is 10.3. The highest BCUT2D eigenvalue weighted by Crippen LogP contribution is 2.30. The van der Waals surface area contributed by atoms with Crippen molar-refractivity contribution < 1.29 is 20.1 Å². The minimum Gasteiger partial charge on any atom is -0.508 e. The van der Waals surface area contributed by atoms with Crippen LogP contribution in [0.15, 0.2) is 45.4 Å². The topological polar surface area (TPSA) is 115 Å². The van der Waals surface area contributed by atoms with Gasteiger partial charge in [-0.1, -0.05) is 0 Å². The van der Waals surface area contributed by atoms with Crippen LogP contribution in [0.3, 0.4) is 0 Å². The molecule has 0 saturated carbocycles. The van der Waals surface area contributed by atoms with E-state index in [2.05, 4.69) is 38.1 Å². The lowest BCUT2D eigenvalue weighted by Crippen LogP contribution is -2.19. The van der Waals surface area contributed by atoms with Gasteiger partial charge in [0.05, 0.1) is 14.7 Å². The zero-order valence-electron chi connectivity index (χ0n) is 13.3. The molecule has 10 heteroatoms. The van der Waals surface area contributed by atoms with Crippen LogP contribution in [0.4, 0.5) is 0 Å². The van der Waals surface area contributed by atoms with E-state index in [1.165, 1.54) is 30.5 Å². The van der Waals surface area contributed by atoms with Crippen LogP contribution in [0.25, 0.3) is 6.08 Å². The van der Waals surface area contributed by atoms with Crippen molar-refractivity contribution in [2.45, 2.75) is 0 Å². The van der Waals surface area contributed by atoms with Gasteiger partial charge in [-0.3, -0.25) is 10.1 Å². The van der Waals surface area contributed by atoms with E-state index in [0.717, 1.165) is 15.3 Å². The predicted octanol–water partition coefficient (Wildman–Crippen LogP) is 3.61. The van der Waals surface area contributed by atoms with Gasteiger partial charge in [-0.2, -0.15) is 5.10 Å². The number of hydrogen-bond acceptors (Lipinski definition) is 7. The van der Waals surface area contributed by atoms with Crippen LogP contribution in [0, 0.1) is 7.14 Å². The molecule has 0 unspecified atom stereocenters. The van der Waals surface area contributed by atoms with Crippen LogP contribution in [0.1, 0.15) is 11.1 Å². The van der Waals surface area contributed by atoms with Crippen molar-refractivity contribution in [2.75, 3.05) is 0 Å². The second-order valence-corrected chi connectivity index (χ2v) is 8.72. The first-order chi connectivity index (χ1) is 12.8. The minimum absolute atomic E-state index is 0.0664. The van der Waals surface area contributed by atoms with Crippen molar-refractivity contribution in [3.8, 4) is 17.2 Å². The molecule has 1 aliphatic heterocycles. The fraction of sp³-hybridized carbons (Fsp3) is 0. The second kappa shape index (κ2) is 8.48. The van der Waals surface area contributed by atoms with E-state index in [-0.39, 0.29) is 28.3 Å². The molecular weight excluding hydrogens is 596 g/mol. The number of amides is 1. The maximum Gasteiger partial charge on any atom is 0.264 e. The van der Waals surface area contributed by atoms with Crippen molar-refractivity contribution >= 4 is 80.3 Å². The van der Waals surface area contributed by atoms with Gasteiger partial charge in [-0.25, -0.2) is 0 Å². The summed E-state index contributed by atoms with van der Waals surface area (Å²) in [4.78, 5) is 12.4. The van der Waals surface area contributed by atoms with Crippen LogP contribution < -0.4 is 5.32 Å². The summed E-state index contributed by atoms with van der Waals surface area (Å²) in [6.45, 7) is 0. The highest BCUT2D eigenvalue weighted by molar-refractivity contribution is 14.1. The van der Waals surface area contributed by atoms with E-state index in [4.69, 9.17) is 0 Å². The average molecular weight is 607 g/mol. The molecule has 0 aliphatic carbocycles. The number of thioether (sulfide) groups is 1. The van der Waals surface area contributed by atoms with Crippen molar-refractivity contribution in [1.82, 2.24) is 5.32 Å². The highest BCUT2D eigenvalue weighted by atomic mass is 127. The van der Waals surface area contributed by atoms with Crippen molar-refractivity contribution in [2.24, 2.45) is 10.2 Å². The lowest BCUT2D eigenvalue weighted by atomic mass is 10.2. The van der Waals surface area contributed by atoms with Gasteiger partial charge in [0.15, 0.2) is 5.17 Å². The molecule has 27 heavy (non-hydrogen) atoms. The smallest absolute Gasteiger partial charge is 0.264 e. The number of nitrogens with zero attached hydrogens (tertiary/aromatic N) is 2. The number of carbonyl (C=O) groups is 1. The Bertz CT molecular complexity index is 1020. The summed E-state index contributed by atoms with van der Waals surface area (Å²) in [5, 5.41) is 39.9. The third-order valence-corrected chi connectivity index (χ3v) is 5.70. The number of hydrogen-bond donors (Lipinski definition) is 4. The molecule has 1 heterocycles. The van der Waals surface area contributed by atoms with Crippen molar-refractivity contribution in [3.63, 3.8) is 0 Å². The standard InChI is InChI=1S/C17H11I2N3O4S/c18-10-3-9(15(25)12(19)5-10)7-20-22-17-21-16(26)14(27-17)4-8-1-2-11(23)6-13(8)24/h1-7,23-25H,(H,21,22,26)/b14-4-,20-7+. The molecule has 0 atom stereocenters. The maximum atomic E-state index is 12.0. The molecule has 4 N–H and O–H groups in total.